The summed E-state index contributed by atoms with van der Waals surface area (Å²) in [6.07, 6.45) is 8.73. The molecule has 1 aliphatic rings. The number of ether oxygens (including phenoxy) is 1. The second-order valence-electron chi connectivity index (χ2n) is 5.24. The predicted molar refractivity (Wildman–Crippen MR) is 73.7 cm³/mol. The summed E-state index contributed by atoms with van der Waals surface area (Å²) in [7, 11) is 1.68. The Morgan fingerprint density at radius 1 is 1.39 bits per heavy atom. The molecule has 1 aromatic rings. The zero-order valence-corrected chi connectivity index (χ0v) is 11.5. The van der Waals surface area contributed by atoms with Gasteiger partial charge in [0.2, 0.25) is 5.88 Å². The summed E-state index contributed by atoms with van der Waals surface area (Å²) in [6, 6.07) is 4.62. The van der Waals surface area contributed by atoms with Crippen molar-refractivity contribution in [3.63, 3.8) is 0 Å². The fraction of sp³-hybridized carbons (Fsp3) is 0.667. The third-order valence-electron chi connectivity index (χ3n) is 4.01. The number of hydrogen-bond donors (Lipinski definition) is 1. The van der Waals surface area contributed by atoms with E-state index in [1.165, 1.54) is 32.1 Å². The molecule has 0 spiro atoms. The Morgan fingerprint density at radius 2 is 2.17 bits per heavy atom. The van der Waals surface area contributed by atoms with Crippen LogP contribution in [0, 0.1) is 5.92 Å². The van der Waals surface area contributed by atoms with Gasteiger partial charge in [0.1, 0.15) is 0 Å². The molecule has 0 amide bonds. The first kappa shape index (κ1) is 13.3. The van der Waals surface area contributed by atoms with Gasteiger partial charge < -0.3 is 10.1 Å². The molecular formula is C15H24N2O. The summed E-state index contributed by atoms with van der Waals surface area (Å²) >= 11 is 0. The number of methoxy groups -OCH3 is 1. The lowest BCUT2D eigenvalue weighted by Crippen LogP contribution is -2.34. The molecule has 1 unspecified atom stereocenters. The average Bonchev–Trinajstić information content (AvgIpc) is 2.46. The van der Waals surface area contributed by atoms with E-state index in [4.69, 9.17) is 4.74 Å². The normalized spacial score (nSPS) is 18.6. The van der Waals surface area contributed by atoms with E-state index in [9.17, 15) is 0 Å². The second-order valence-corrected chi connectivity index (χ2v) is 5.24. The lowest BCUT2D eigenvalue weighted by atomic mass is 9.84. The average molecular weight is 248 g/mol. The van der Waals surface area contributed by atoms with Gasteiger partial charge in [0.15, 0.2) is 0 Å². The molecule has 1 aromatic heterocycles. The molecule has 0 radical (unpaired) electrons. The first-order valence-corrected chi connectivity index (χ1v) is 7.02. The molecule has 1 fully saturated rings. The van der Waals surface area contributed by atoms with Crippen molar-refractivity contribution in [2.75, 3.05) is 7.11 Å². The van der Waals surface area contributed by atoms with Crippen molar-refractivity contribution in [2.24, 2.45) is 5.92 Å². The fourth-order valence-corrected chi connectivity index (χ4v) is 2.81. The van der Waals surface area contributed by atoms with E-state index >= 15 is 0 Å². The quantitative estimate of drug-likeness (QED) is 0.869. The molecule has 1 atom stereocenters. The van der Waals surface area contributed by atoms with Crippen molar-refractivity contribution in [1.29, 1.82) is 0 Å². The monoisotopic (exact) mass is 248 g/mol. The first-order valence-electron chi connectivity index (χ1n) is 7.02. The van der Waals surface area contributed by atoms with E-state index in [0.29, 0.717) is 6.04 Å². The number of nitrogens with one attached hydrogen (secondary N) is 1. The molecule has 100 valence electrons. The highest BCUT2D eigenvalue weighted by Gasteiger charge is 2.19. The van der Waals surface area contributed by atoms with Crippen LogP contribution in [0.25, 0.3) is 0 Å². The Balaban J connectivity index is 1.86. The summed E-state index contributed by atoms with van der Waals surface area (Å²) < 4.78 is 5.27. The van der Waals surface area contributed by atoms with Gasteiger partial charge in [-0.3, -0.25) is 0 Å². The van der Waals surface area contributed by atoms with Gasteiger partial charge in [-0.2, -0.15) is 0 Å². The molecule has 3 nitrogen and oxygen atoms in total. The van der Waals surface area contributed by atoms with Crippen LogP contribution in [0.3, 0.4) is 0 Å². The zero-order chi connectivity index (χ0) is 12.8. The molecule has 2 rings (SSSR count). The van der Waals surface area contributed by atoms with Crippen molar-refractivity contribution in [1.82, 2.24) is 10.3 Å². The topological polar surface area (TPSA) is 34.1 Å². The minimum Gasteiger partial charge on any atom is -0.481 e. The van der Waals surface area contributed by atoms with Gasteiger partial charge in [-0.25, -0.2) is 4.98 Å². The van der Waals surface area contributed by atoms with Crippen molar-refractivity contribution < 1.29 is 4.74 Å². The Bertz CT molecular complexity index is 361. The van der Waals surface area contributed by atoms with Gasteiger partial charge >= 0.3 is 0 Å². The molecule has 1 aliphatic carbocycles. The number of rotatable bonds is 5. The first-order chi connectivity index (χ1) is 8.81. The molecule has 18 heavy (non-hydrogen) atoms. The van der Waals surface area contributed by atoms with Crippen LogP contribution in [0.1, 0.15) is 44.6 Å². The Labute approximate surface area is 110 Å². The maximum atomic E-state index is 5.27. The molecule has 1 N–H and O–H groups in total. The third kappa shape index (κ3) is 3.45. The smallest absolute Gasteiger partial charge is 0.217 e. The molecule has 0 aliphatic heterocycles. The van der Waals surface area contributed by atoms with Crippen LogP contribution >= 0.6 is 0 Å². The molecule has 0 bridgehead atoms. The van der Waals surface area contributed by atoms with Gasteiger partial charge in [-0.05, 0) is 31.7 Å². The number of pyridine rings is 1. The Hall–Kier alpha value is -1.09. The third-order valence-corrected chi connectivity index (χ3v) is 4.01. The fourth-order valence-electron chi connectivity index (χ4n) is 2.81. The Morgan fingerprint density at radius 3 is 2.89 bits per heavy atom. The maximum absolute atomic E-state index is 5.27. The lowest BCUT2D eigenvalue weighted by molar-refractivity contribution is 0.279. The summed E-state index contributed by atoms with van der Waals surface area (Å²) in [5, 5.41) is 3.62. The molecule has 1 saturated carbocycles. The highest BCUT2D eigenvalue weighted by Crippen LogP contribution is 2.26. The second kappa shape index (κ2) is 6.74. The van der Waals surface area contributed by atoms with Crippen molar-refractivity contribution in [3.05, 3.63) is 23.9 Å². The van der Waals surface area contributed by atoms with Crippen LogP contribution in [0.2, 0.25) is 0 Å². The predicted octanol–water partition coefficient (Wildman–Crippen LogP) is 3.15. The van der Waals surface area contributed by atoms with Crippen LogP contribution in [-0.2, 0) is 6.54 Å². The van der Waals surface area contributed by atoms with Crippen molar-refractivity contribution >= 4 is 0 Å². The van der Waals surface area contributed by atoms with Crippen LogP contribution in [0.15, 0.2) is 18.3 Å². The Kier molecular flexibility index (Phi) is 5.00. The molecule has 3 heteroatoms. The van der Waals surface area contributed by atoms with Gasteiger partial charge in [-0.15, -0.1) is 0 Å². The minimum absolute atomic E-state index is 0.579. The lowest BCUT2D eigenvalue weighted by Gasteiger charge is -2.28. The summed E-state index contributed by atoms with van der Waals surface area (Å²) in [5.41, 5.74) is 1.14. The maximum Gasteiger partial charge on any atom is 0.217 e. The molecule has 1 heterocycles. The molecule has 0 saturated heterocycles. The summed E-state index contributed by atoms with van der Waals surface area (Å²) in [6.45, 7) is 3.15. The van der Waals surface area contributed by atoms with Crippen LogP contribution in [0.5, 0.6) is 5.88 Å². The molecular weight excluding hydrogens is 224 g/mol. The van der Waals surface area contributed by atoms with Gasteiger partial charge in [0, 0.05) is 24.3 Å². The highest BCUT2D eigenvalue weighted by atomic mass is 16.5. The largest absolute Gasteiger partial charge is 0.481 e. The standard InChI is InChI=1S/C15H24N2O/c1-12(13-7-4-3-5-8-13)17-11-14-9-6-10-16-15(14)18-2/h6,9-10,12-13,17H,3-5,7-8,11H2,1-2H3. The molecule has 0 aromatic carbocycles. The summed E-state index contributed by atoms with van der Waals surface area (Å²) in [4.78, 5) is 4.23. The summed E-state index contributed by atoms with van der Waals surface area (Å²) in [5.74, 6) is 1.57. The van der Waals surface area contributed by atoms with Crippen LogP contribution < -0.4 is 10.1 Å². The van der Waals surface area contributed by atoms with Crippen LogP contribution in [-0.4, -0.2) is 18.1 Å². The SMILES string of the molecule is COc1ncccc1CNC(C)C1CCCCC1. The number of nitrogens with zero attached hydrogens (tertiary/aromatic N) is 1. The van der Waals surface area contributed by atoms with E-state index in [0.717, 1.165) is 23.9 Å². The van der Waals surface area contributed by atoms with Gasteiger partial charge in [0.25, 0.3) is 0 Å². The minimum atomic E-state index is 0.579. The van der Waals surface area contributed by atoms with E-state index in [1.807, 2.05) is 6.07 Å². The van der Waals surface area contributed by atoms with Crippen molar-refractivity contribution in [2.45, 2.75) is 51.6 Å². The number of aromatic nitrogens is 1. The number of hydrogen-bond acceptors (Lipinski definition) is 3. The van der Waals surface area contributed by atoms with Gasteiger partial charge in [-0.1, -0.05) is 25.3 Å². The van der Waals surface area contributed by atoms with E-state index < -0.39 is 0 Å². The van der Waals surface area contributed by atoms with E-state index in [2.05, 4.69) is 23.3 Å². The zero-order valence-electron chi connectivity index (χ0n) is 11.5. The van der Waals surface area contributed by atoms with E-state index in [-0.39, 0.29) is 0 Å². The van der Waals surface area contributed by atoms with Crippen molar-refractivity contribution in [3.8, 4) is 5.88 Å². The van der Waals surface area contributed by atoms with E-state index in [1.54, 1.807) is 13.3 Å². The van der Waals surface area contributed by atoms with Gasteiger partial charge in [0.05, 0.1) is 7.11 Å². The highest BCUT2D eigenvalue weighted by molar-refractivity contribution is 5.25. The van der Waals surface area contributed by atoms with Crippen LogP contribution in [0.4, 0.5) is 0 Å².